The zero-order valence-electron chi connectivity index (χ0n) is 15.7. The van der Waals surface area contributed by atoms with Crippen LogP contribution in [0.1, 0.15) is 11.4 Å². The Hall–Kier alpha value is -2.90. The summed E-state index contributed by atoms with van der Waals surface area (Å²) in [5.41, 5.74) is 1.77. The van der Waals surface area contributed by atoms with E-state index in [9.17, 15) is 4.79 Å². The van der Waals surface area contributed by atoms with Gasteiger partial charge in [-0.2, -0.15) is 0 Å². The number of ether oxygens (including phenoxy) is 2. The van der Waals surface area contributed by atoms with Gasteiger partial charge in [-0.3, -0.25) is 9.36 Å². The summed E-state index contributed by atoms with van der Waals surface area (Å²) in [6.45, 7) is 0.875. The highest BCUT2D eigenvalue weighted by Gasteiger charge is 2.18. The van der Waals surface area contributed by atoms with Crippen molar-refractivity contribution in [2.24, 2.45) is 0 Å². The minimum atomic E-state index is -0.0711. The minimum Gasteiger partial charge on any atom is -0.497 e. The fourth-order valence-corrected chi connectivity index (χ4v) is 4.09. The van der Waals surface area contributed by atoms with Crippen molar-refractivity contribution in [3.05, 3.63) is 69.8 Å². The van der Waals surface area contributed by atoms with Crippen LogP contribution in [0, 0.1) is 0 Å². The maximum Gasteiger partial charge on any atom is 0.263 e. The summed E-state index contributed by atoms with van der Waals surface area (Å²) >= 11 is 1.45. The Kier molecular flexibility index (Phi) is 5.27. The van der Waals surface area contributed by atoms with E-state index in [-0.39, 0.29) is 5.56 Å². The molecule has 0 saturated carbocycles. The third kappa shape index (κ3) is 3.46. The molecule has 0 unspecified atom stereocenters. The fourth-order valence-electron chi connectivity index (χ4n) is 3.15. The lowest BCUT2D eigenvalue weighted by molar-refractivity contribution is 0.185. The molecule has 0 bridgehead atoms. The molecule has 7 heteroatoms. The van der Waals surface area contributed by atoms with Crippen LogP contribution in [0.2, 0.25) is 0 Å². The minimum absolute atomic E-state index is 0.0711. The molecule has 0 atom stereocenters. The number of benzene rings is 1. The molecular weight excluding hydrogens is 376 g/mol. The summed E-state index contributed by atoms with van der Waals surface area (Å²) in [5.74, 6) is 2.18. The topological polar surface area (TPSA) is 66.5 Å². The molecular formula is C21H20N2O4S. The number of aromatic nitrogens is 2. The van der Waals surface area contributed by atoms with Crippen LogP contribution in [-0.2, 0) is 17.7 Å². The number of thiophene rings is 1. The molecule has 0 aliphatic rings. The molecule has 0 N–H and O–H groups in total. The van der Waals surface area contributed by atoms with Gasteiger partial charge in [-0.15, -0.1) is 11.3 Å². The van der Waals surface area contributed by atoms with Crippen molar-refractivity contribution in [3.8, 4) is 17.1 Å². The molecule has 1 aromatic carbocycles. The average Bonchev–Trinajstić information content (AvgIpc) is 3.38. The third-order valence-corrected chi connectivity index (χ3v) is 5.47. The molecule has 0 spiro atoms. The summed E-state index contributed by atoms with van der Waals surface area (Å²) in [4.78, 5) is 18.9. The second kappa shape index (κ2) is 8.00. The van der Waals surface area contributed by atoms with Gasteiger partial charge in [-0.05, 0) is 29.8 Å². The van der Waals surface area contributed by atoms with Crippen LogP contribution in [0.3, 0.4) is 0 Å². The van der Waals surface area contributed by atoms with E-state index in [0.717, 1.165) is 16.9 Å². The molecule has 28 heavy (non-hydrogen) atoms. The van der Waals surface area contributed by atoms with E-state index < -0.39 is 0 Å². The van der Waals surface area contributed by atoms with Crippen LogP contribution in [0.25, 0.3) is 21.5 Å². The normalized spacial score (nSPS) is 11.2. The first kappa shape index (κ1) is 18.5. The Balaban J connectivity index is 1.81. The van der Waals surface area contributed by atoms with Gasteiger partial charge >= 0.3 is 0 Å². The first-order valence-corrected chi connectivity index (χ1v) is 9.76. The number of furan rings is 1. The number of rotatable bonds is 7. The van der Waals surface area contributed by atoms with Crippen LogP contribution in [0.5, 0.6) is 5.75 Å². The molecule has 0 aliphatic carbocycles. The van der Waals surface area contributed by atoms with Crippen LogP contribution < -0.4 is 10.3 Å². The molecule has 3 heterocycles. The van der Waals surface area contributed by atoms with E-state index in [4.69, 9.17) is 18.9 Å². The number of nitrogens with zero attached hydrogens (tertiary/aromatic N) is 2. The molecule has 6 nitrogen and oxygen atoms in total. The standard InChI is InChI=1S/C21H20N2O4S/c1-25-11-9-23-18(12-14-5-7-15(26-2)8-6-14)22-20-19(21(23)24)16(13-28-20)17-4-3-10-27-17/h3-8,10,13H,9,11-12H2,1-2H3. The Morgan fingerprint density at radius 3 is 2.68 bits per heavy atom. The van der Waals surface area contributed by atoms with Crippen molar-refractivity contribution >= 4 is 21.6 Å². The van der Waals surface area contributed by atoms with Crippen LogP contribution in [0.4, 0.5) is 0 Å². The lowest BCUT2D eigenvalue weighted by Crippen LogP contribution is -2.27. The Morgan fingerprint density at radius 2 is 2.00 bits per heavy atom. The van der Waals surface area contributed by atoms with Crippen molar-refractivity contribution < 1.29 is 13.9 Å². The first-order valence-electron chi connectivity index (χ1n) is 8.88. The smallest absolute Gasteiger partial charge is 0.263 e. The predicted molar refractivity (Wildman–Crippen MR) is 109 cm³/mol. The van der Waals surface area contributed by atoms with Gasteiger partial charge in [0, 0.05) is 24.5 Å². The fraction of sp³-hybridized carbons (Fsp3) is 0.238. The van der Waals surface area contributed by atoms with Gasteiger partial charge in [0.15, 0.2) is 0 Å². The average molecular weight is 396 g/mol. The Bertz CT molecular complexity index is 1130. The van der Waals surface area contributed by atoms with Crippen LogP contribution >= 0.6 is 11.3 Å². The summed E-state index contributed by atoms with van der Waals surface area (Å²) in [7, 11) is 3.26. The lowest BCUT2D eigenvalue weighted by atomic mass is 10.1. The van der Waals surface area contributed by atoms with E-state index >= 15 is 0 Å². The van der Waals surface area contributed by atoms with Gasteiger partial charge in [0.05, 0.1) is 31.9 Å². The van der Waals surface area contributed by atoms with E-state index in [1.807, 2.05) is 41.8 Å². The summed E-state index contributed by atoms with van der Waals surface area (Å²) in [6, 6.07) is 11.5. The van der Waals surface area contributed by atoms with Crippen molar-refractivity contribution in [1.82, 2.24) is 9.55 Å². The SMILES string of the molecule is COCCn1c(Cc2ccc(OC)cc2)nc2scc(-c3ccco3)c2c1=O. The Labute approximate surface area is 166 Å². The van der Waals surface area contributed by atoms with Crippen LogP contribution in [-0.4, -0.2) is 30.4 Å². The lowest BCUT2D eigenvalue weighted by Gasteiger charge is -2.13. The summed E-state index contributed by atoms with van der Waals surface area (Å²) in [5, 5.41) is 2.52. The van der Waals surface area contributed by atoms with E-state index in [1.165, 1.54) is 11.3 Å². The molecule has 3 aromatic heterocycles. The predicted octanol–water partition coefficient (Wildman–Crippen LogP) is 3.96. The number of methoxy groups -OCH3 is 2. The molecule has 144 valence electrons. The highest BCUT2D eigenvalue weighted by molar-refractivity contribution is 7.17. The zero-order chi connectivity index (χ0) is 19.5. The van der Waals surface area contributed by atoms with E-state index in [1.54, 1.807) is 25.0 Å². The van der Waals surface area contributed by atoms with Crippen molar-refractivity contribution in [1.29, 1.82) is 0 Å². The Morgan fingerprint density at radius 1 is 1.18 bits per heavy atom. The molecule has 0 fully saturated rings. The second-order valence-corrected chi connectivity index (χ2v) is 7.17. The van der Waals surface area contributed by atoms with Gasteiger partial charge in [-0.25, -0.2) is 4.98 Å². The first-order chi connectivity index (χ1) is 13.7. The van der Waals surface area contributed by atoms with Gasteiger partial charge < -0.3 is 13.9 Å². The number of hydrogen-bond donors (Lipinski definition) is 0. The molecule has 0 saturated heterocycles. The quantitative estimate of drug-likeness (QED) is 0.473. The number of fused-ring (bicyclic) bond motifs is 1. The van der Waals surface area contributed by atoms with Gasteiger partial charge in [0.2, 0.25) is 0 Å². The third-order valence-electron chi connectivity index (χ3n) is 4.60. The number of hydrogen-bond acceptors (Lipinski definition) is 6. The molecule has 4 rings (SSSR count). The zero-order valence-corrected chi connectivity index (χ0v) is 16.5. The monoisotopic (exact) mass is 396 g/mol. The van der Waals surface area contributed by atoms with Crippen LogP contribution in [0.15, 0.2) is 57.3 Å². The summed E-state index contributed by atoms with van der Waals surface area (Å²) in [6.07, 6.45) is 2.15. The highest BCUT2D eigenvalue weighted by Crippen LogP contribution is 2.31. The van der Waals surface area contributed by atoms with E-state index in [0.29, 0.717) is 41.4 Å². The molecule has 0 amide bonds. The highest BCUT2D eigenvalue weighted by atomic mass is 32.1. The van der Waals surface area contributed by atoms with Crippen molar-refractivity contribution in [2.75, 3.05) is 20.8 Å². The largest absolute Gasteiger partial charge is 0.497 e. The van der Waals surface area contributed by atoms with Gasteiger partial charge in [0.25, 0.3) is 5.56 Å². The second-order valence-electron chi connectivity index (χ2n) is 6.31. The van der Waals surface area contributed by atoms with Crippen molar-refractivity contribution in [3.63, 3.8) is 0 Å². The molecule has 4 aromatic rings. The molecule has 0 aliphatic heterocycles. The summed E-state index contributed by atoms with van der Waals surface area (Å²) < 4.78 is 17.6. The van der Waals surface area contributed by atoms with Gasteiger partial charge in [0.1, 0.15) is 22.2 Å². The van der Waals surface area contributed by atoms with Crippen molar-refractivity contribution in [2.45, 2.75) is 13.0 Å². The molecule has 0 radical (unpaired) electrons. The maximum absolute atomic E-state index is 13.3. The van der Waals surface area contributed by atoms with E-state index in [2.05, 4.69) is 0 Å². The maximum atomic E-state index is 13.3. The van der Waals surface area contributed by atoms with Gasteiger partial charge in [-0.1, -0.05) is 12.1 Å².